The fourth-order valence-corrected chi connectivity index (χ4v) is 2.16. The van der Waals surface area contributed by atoms with Crippen molar-refractivity contribution in [3.8, 4) is 11.5 Å². The molecule has 1 N–H and O–H groups in total. The predicted molar refractivity (Wildman–Crippen MR) is 98.7 cm³/mol. The number of nitrogens with one attached hydrogen (secondary N) is 1. The third kappa shape index (κ3) is 5.47. The largest absolute Gasteiger partial charge is 0.494 e. The summed E-state index contributed by atoms with van der Waals surface area (Å²) in [6, 6.07) is 13.0. The van der Waals surface area contributed by atoms with Gasteiger partial charge in [0.05, 0.1) is 11.5 Å². The van der Waals surface area contributed by atoms with Gasteiger partial charge in [-0.15, -0.1) is 0 Å². The zero-order valence-electron chi connectivity index (χ0n) is 14.8. The Morgan fingerprint density at radius 2 is 1.88 bits per heavy atom. The maximum absolute atomic E-state index is 12.3. The van der Waals surface area contributed by atoms with Gasteiger partial charge in [-0.25, -0.2) is 0 Å². The lowest BCUT2D eigenvalue weighted by atomic mass is 10.2. The lowest BCUT2D eigenvalue weighted by Crippen LogP contribution is -2.30. The minimum absolute atomic E-state index is 0.0554. The Hall–Kier alpha value is -3.09. The summed E-state index contributed by atoms with van der Waals surface area (Å²) < 4.78 is 11.0. The number of para-hydroxylation sites is 2. The molecule has 1 unspecified atom stereocenters. The molecule has 0 fully saturated rings. The average molecular weight is 358 g/mol. The number of unbranched alkanes of at least 4 members (excludes halogenated alkanes) is 1. The zero-order valence-corrected chi connectivity index (χ0v) is 14.8. The molecule has 0 aliphatic carbocycles. The molecule has 1 amide bonds. The quantitative estimate of drug-likeness (QED) is 0.412. The van der Waals surface area contributed by atoms with E-state index < -0.39 is 16.9 Å². The molecule has 2 aromatic carbocycles. The first-order valence-electron chi connectivity index (χ1n) is 8.45. The molecule has 0 spiro atoms. The molecular weight excluding hydrogens is 336 g/mol. The minimum atomic E-state index is -0.892. The van der Waals surface area contributed by atoms with E-state index >= 15 is 0 Å². The number of carbonyl (C=O) groups is 1. The highest BCUT2D eigenvalue weighted by molar-refractivity contribution is 5.94. The lowest BCUT2D eigenvalue weighted by Gasteiger charge is -2.15. The first-order chi connectivity index (χ1) is 12.5. The number of nitrogens with zero attached hydrogens (tertiary/aromatic N) is 1. The van der Waals surface area contributed by atoms with E-state index in [1.807, 2.05) is 0 Å². The second kappa shape index (κ2) is 9.41. The lowest BCUT2D eigenvalue weighted by molar-refractivity contribution is -0.386. The van der Waals surface area contributed by atoms with Gasteiger partial charge in [0.1, 0.15) is 5.75 Å². The molecular formula is C19H22N2O5. The molecule has 0 aliphatic rings. The number of hydrogen-bond acceptors (Lipinski definition) is 5. The van der Waals surface area contributed by atoms with Gasteiger partial charge in [-0.3, -0.25) is 14.9 Å². The Morgan fingerprint density at radius 1 is 1.19 bits per heavy atom. The molecule has 1 atom stereocenters. The summed E-state index contributed by atoms with van der Waals surface area (Å²) in [5, 5.41) is 13.7. The van der Waals surface area contributed by atoms with Crippen LogP contribution in [0.4, 0.5) is 11.4 Å². The number of anilines is 1. The predicted octanol–water partition coefficient (Wildman–Crippen LogP) is 4.18. The summed E-state index contributed by atoms with van der Waals surface area (Å²) in [5.41, 5.74) is 0.414. The van der Waals surface area contributed by atoms with Crippen molar-refractivity contribution in [1.29, 1.82) is 0 Å². The Balaban J connectivity index is 1.94. The van der Waals surface area contributed by atoms with Crippen molar-refractivity contribution in [2.45, 2.75) is 32.8 Å². The molecule has 7 heteroatoms. The number of ether oxygens (including phenoxy) is 2. The minimum Gasteiger partial charge on any atom is -0.494 e. The van der Waals surface area contributed by atoms with Crippen LogP contribution in [0.15, 0.2) is 48.5 Å². The number of nitro benzene ring substituents is 1. The Morgan fingerprint density at radius 3 is 2.54 bits per heavy atom. The molecule has 0 bridgehead atoms. The SMILES string of the molecule is CCCCOc1ccc(NC(=O)C(C)Oc2ccccc2[N+](=O)[O-])cc1. The molecule has 0 heterocycles. The van der Waals surface area contributed by atoms with Gasteiger partial charge in [-0.2, -0.15) is 0 Å². The zero-order chi connectivity index (χ0) is 18.9. The highest BCUT2D eigenvalue weighted by Gasteiger charge is 2.20. The topological polar surface area (TPSA) is 90.7 Å². The summed E-state index contributed by atoms with van der Waals surface area (Å²) in [7, 11) is 0. The van der Waals surface area contributed by atoms with Gasteiger partial charge in [-0.05, 0) is 43.7 Å². The van der Waals surface area contributed by atoms with Crippen LogP contribution in [0.2, 0.25) is 0 Å². The van der Waals surface area contributed by atoms with Crippen LogP contribution in [-0.4, -0.2) is 23.5 Å². The Kier molecular flexibility index (Phi) is 6.96. The van der Waals surface area contributed by atoms with Crippen molar-refractivity contribution >= 4 is 17.3 Å². The van der Waals surface area contributed by atoms with Gasteiger partial charge in [0.2, 0.25) is 0 Å². The molecule has 138 valence electrons. The van der Waals surface area contributed by atoms with Crippen LogP contribution in [0.25, 0.3) is 0 Å². The summed E-state index contributed by atoms with van der Waals surface area (Å²) in [5.74, 6) is 0.392. The number of hydrogen-bond donors (Lipinski definition) is 1. The van der Waals surface area contributed by atoms with Crippen LogP contribution in [0.5, 0.6) is 11.5 Å². The van der Waals surface area contributed by atoms with E-state index in [0.29, 0.717) is 12.3 Å². The molecule has 2 aromatic rings. The van der Waals surface area contributed by atoms with Crippen molar-refractivity contribution in [3.05, 3.63) is 58.6 Å². The third-order valence-electron chi connectivity index (χ3n) is 3.62. The molecule has 0 radical (unpaired) electrons. The molecule has 0 aliphatic heterocycles. The monoisotopic (exact) mass is 358 g/mol. The summed E-state index contributed by atoms with van der Waals surface area (Å²) in [6.07, 6.45) is 1.15. The fraction of sp³-hybridized carbons (Fsp3) is 0.316. The van der Waals surface area contributed by atoms with Crippen LogP contribution in [-0.2, 0) is 4.79 Å². The van der Waals surface area contributed by atoms with Gasteiger partial charge in [-0.1, -0.05) is 25.5 Å². The average Bonchev–Trinajstić information content (AvgIpc) is 2.63. The van der Waals surface area contributed by atoms with Crippen molar-refractivity contribution in [2.24, 2.45) is 0 Å². The smallest absolute Gasteiger partial charge is 0.310 e. The van der Waals surface area contributed by atoms with E-state index in [9.17, 15) is 14.9 Å². The van der Waals surface area contributed by atoms with Gasteiger partial charge in [0.25, 0.3) is 5.91 Å². The molecule has 0 aromatic heterocycles. The van der Waals surface area contributed by atoms with E-state index in [2.05, 4.69) is 12.2 Å². The highest BCUT2D eigenvalue weighted by atomic mass is 16.6. The van der Waals surface area contributed by atoms with Crippen molar-refractivity contribution in [1.82, 2.24) is 0 Å². The normalized spacial score (nSPS) is 11.5. The Labute approximate surface area is 152 Å². The van der Waals surface area contributed by atoms with Gasteiger partial charge in [0, 0.05) is 11.8 Å². The molecule has 0 saturated carbocycles. The van der Waals surface area contributed by atoms with Gasteiger partial charge >= 0.3 is 5.69 Å². The maximum atomic E-state index is 12.3. The van der Waals surface area contributed by atoms with Crippen LogP contribution in [0.1, 0.15) is 26.7 Å². The number of benzene rings is 2. The van der Waals surface area contributed by atoms with Crippen molar-refractivity contribution < 1.29 is 19.2 Å². The summed E-state index contributed by atoms with van der Waals surface area (Å²) in [4.78, 5) is 22.7. The second-order valence-corrected chi connectivity index (χ2v) is 5.70. The van der Waals surface area contributed by atoms with Crippen LogP contribution < -0.4 is 14.8 Å². The number of rotatable bonds is 9. The number of nitro groups is 1. The molecule has 26 heavy (non-hydrogen) atoms. The third-order valence-corrected chi connectivity index (χ3v) is 3.62. The van der Waals surface area contributed by atoms with Gasteiger partial charge in [0.15, 0.2) is 11.9 Å². The molecule has 0 saturated heterocycles. The van der Waals surface area contributed by atoms with Crippen molar-refractivity contribution in [3.63, 3.8) is 0 Å². The van der Waals surface area contributed by atoms with E-state index in [1.54, 1.807) is 36.4 Å². The highest BCUT2D eigenvalue weighted by Crippen LogP contribution is 2.27. The van der Waals surface area contributed by atoms with Crippen LogP contribution >= 0.6 is 0 Å². The van der Waals surface area contributed by atoms with Gasteiger partial charge < -0.3 is 14.8 Å². The Bertz CT molecular complexity index is 746. The standard InChI is InChI=1S/C19H22N2O5/c1-3-4-13-25-16-11-9-15(10-12-16)20-19(22)14(2)26-18-8-6-5-7-17(18)21(23)24/h5-12,14H,3-4,13H2,1-2H3,(H,20,22). The molecule has 2 rings (SSSR count). The summed E-state index contributed by atoms with van der Waals surface area (Å²) in [6.45, 7) is 4.28. The number of amides is 1. The number of carbonyl (C=O) groups excluding carboxylic acids is 1. The van der Waals surface area contributed by atoms with Crippen molar-refractivity contribution in [2.75, 3.05) is 11.9 Å². The van der Waals surface area contributed by atoms with E-state index in [-0.39, 0.29) is 11.4 Å². The van der Waals surface area contributed by atoms with Crippen LogP contribution in [0.3, 0.4) is 0 Å². The first-order valence-corrected chi connectivity index (χ1v) is 8.45. The maximum Gasteiger partial charge on any atom is 0.310 e. The first kappa shape index (κ1) is 19.2. The fourth-order valence-electron chi connectivity index (χ4n) is 2.16. The van der Waals surface area contributed by atoms with Crippen LogP contribution in [0, 0.1) is 10.1 Å². The van der Waals surface area contributed by atoms with E-state index in [0.717, 1.165) is 18.6 Å². The summed E-state index contributed by atoms with van der Waals surface area (Å²) >= 11 is 0. The van der Waals surface area contributed by atoms with E-state index in [1.165, 1.54) is 19.1 Å². The molecule has 7 nitrogen and oxygen atoms in total. The van der Waals surface area contributed by atoms with E-state index in [4.69, 9.17) is 9.47 Å². The second-order valence-electron chi connectivity index (χ2n) is 5.70.